The van der Waals surface area contributed by atoms with Gasteiger partial charge in [0.25, 0.3) is 5.91 Å². The number of nitrogens with two attached hydrogens (primary N) is 1. The molecular weight excluding hydrogens is 432 g/mol. The summed E-state index contributed by atoms with van der Waals surface area (Å²) in [5.74, 6) is -0.511. The van der Waals surface area contributed by atoms with E-state index in [1.165, 1.54) is 11.8 Å². The molecule has 1 aliphatic carbocycles. The van der Waals surface area contributed by atoms with Crippen molar-refractivity contribution >= 4 is 46.1 Å². The predicted molar refractivity (Wildman–Crippen MR) is 130 cm³/mol. The molecule has 0 unspecified atom stereocenters. The zero-order valence-corrected chi connectivity index (χ0v) is 18.7. The van der Waals surface area contributed by atoms with Crippen molar-refractivity contribution in [2.45, 2.75) is 31.7 Å². The molecule has 1 amide bonds. The van der Waals surface area contributed by atoms with Crippen molar-refractivity contribution in [1.82, 2.24) is 20.0 Å². The molecule has 1 saturated carbocycles. The standard InChI is InChI=1S/C25H24N6O3/c1-34-25(33)16-12-10-15(11-13-16)14-27-31-22(26)20(24(32)28-17-6-2-3-7-17)21-23(31)30-19-9-5-4-8-18(19)29-21/h4-5,8-14,17H,2-3,6-7,26H2,1H3,(H,28,32). The third-order valence-corrected chi connectivity index (χ3v) is 6.05. The number of carbonyl (C=O) groups is 2. The van der Waals surface area contributed by atoms with Crippen molar-refractivity contribution in [3.05, 3.63) is 65.2 Å². The number of para-hydroxylation sites is 2. The summed E-state index contributed by atoms with van der Waals surface area (Å²) in [5.41, 5.74) is 10.0. The van der Waals surface area contributed by atoms with Crippen molar-refractivity contribution < 1.29 is 14.3 Å². The minimum Gasteiger partial charge on any atom is -0.465 e. The van der Waals surface area contributed by atoms with Crippen LogP contribution >= 0.6 is 0 Å². The highest BCUT2D eigenvalue weighted by molar-refractivity contribution is 6.10. The van der Waals surface area contributed by atoms with E-state index in [0.717, 1.165) is 31.2 Å². The Kier molecular flexibility index (Phi) is 5.67. The van der Waals surface area contributed by atoms with Gasteiger partial charge in [0.1, 0.15) is 16.9 Å². The molecule has 4 aromatic rings. The number of hydrogen-bond acceptors (Lipinski definition) is 7. The van der Waals surface area contributed by atoms with Gasteiger partial charge in [0.15, 0.2) is 5.65 Å². The number of aromatic nitrogens is 3. The highest BCUT2D eigenvalue weighted by Crippen LogP contribution is 2.28. The van der Waals surface area contributed by atoms with E-state index in [1.54, 1.807) is 30.5 Å². The third-order valence-electron chi connectivity index (χ3n) is 6.05. The summed E-state index contributed by atoms with van der Waals surface area (Å²) in [6.07, 6.45) is 5.71. The van der Waals surface area contributed by atoms with Gasteiger partial charge in [-0.15, -0.1) is 0 Å². The molecule has 34 heavy (non-hydrogen) atoms. The van der Waals surface area contributed by atoms with Gasteiger partial charge >= 0.3 is 5.97 Å². The first-order valence-corrected chi connectivity index (χ1v) is 11.2. The van der Waals surface area contributed by atoms with Crippen LogP contribution in [0.2, 0.25) is 0 Å². The summed E-state index contributed by atoms with van der Waals surface area (Å²) in [6.45, 7) is 0. The van der Waals surface area contributed by atoms with E-state index in [-0.39, 0.29) is 23.3 Å². The molecule has 5 rings (SSSR count). The van der Waals surface area contributed by atoms with E-state index >= 15 is 0 Å². The molecule has 9 heteroatoms. The molecule has 172 valence electrons. The number of amides is 1. The van der Waals surface area contributed by atoms with Gasteiger partial charge in [-0.05, 0) is 42.7 Å². The summed E-state index contributed by atoms with van der Waals surface area (Å²) >= 11 is 0. The van der Waals surface area contributed by atoms with Gasteiger partial charge in [0.2, 0.25) is 0 Å². The van der Waals surface area contributed by atoms with Crippen LogP contribution in [-0.2, 0) is 4.74 Å². The first kappa shape index (κ1) is 21.6. The highest BCUT2D eigenvalue weighted by Gasteiger charge is 2.26. The first-order valence-electron chi connectivity index (χ1n) is 11.2. The summed E-state index contributed by atoms with van der Waals surface area (Å²) in [4.78, 5) is 34.3. The number of nitrogens with zero attached hydrogens (tertiary/aromatic N) is 4. The Morgan fingerprint density at radius 1 is 1.09 bits per heavy atom. The Morgan fingerprint density at radius 3 is 2.44 bits per heavy atom. The van der Waals surface area contributed by atoms with E-state index in [0.29, 0.717) is 27.8 Å². The average molecular weight is 457 g/mol. The van der Waals surface area contributed by atoms with Crippen LogP contribution in [0.4, 0.5) is 5.82 Å². The van der Waals surface area contributed by atoms with Crippen LogP contribution in [0.3, 0.4) is 0 Å². The fourth-order valence-corrected chi connectivity index (χ4v) is 4.26. The smallest absolute Gasteiger partial charge is 0.337 e. The molecule has 3 N–H and O–H groups in total. The number of rotatable bonds is 5. The minimum atomic E-state index is -0.413. The Balaban J connectivity index is 1.58. The molecule has 2 aromatic heterocycles. The molecule has 0 atom stereocenters. The Bertz CT molecular complexity index is 1420. The summed E-state index contributed by atoms with van der Waals surface area (Å²) in [6, 6.07) is 14.4. The lowest BCUT2D eigenvalue weighted by Crippen LogP contribution is -2.33. The lowest BCUT2D eigenvalue weighted by Gasteiger charge is -2.11. The van der Waals surface area contributed by atoms with Crippen LogP contribution in [0.25, 0.3) is 22.2 Å². The monoisotopic (exact) mass is 456 g/mol. The summed E-state index contributed by atoms with van der Waals surface area (Å²) in [5, 5.41) is 7.60. The van der Waals surface area contributed by atoms with Gasteiger partial charge in [-0.2, -0.15) is 9.78 Å². The predicted octanol–water partition coefficient (Wildman–Crippen LogP) is 3.51. The molecule has 0 saturated heterocycles. The van der Waals surface area contributed by atoms with Crippen LogP contribution in [0.5, 0.6) is 0 Å². The Labute approximate surface area is 195 Å². The normalized spacial score (nSPS) is 14.3. The van der Waals surface area contributed by atoms with Crippen molar-refractivity contribution in [2.24, 2.45) is 5.10 Å². The number of anilines is 1. The molecule has 9 nitrogen and oxygen atoms in total. The Morgan fingerprint density at radius 2 is 1.76 bits per heavy atom. The zero-order chi connectivity index (χ0) is 23.7. The highest BCUT2D eigenvalue weighted by atomic mass is 16.5. The van der Waals surface area contributed by atoms with Crippen LogP contribution in [0.1, 0.15) is 52.0 Å². The maximum Gasteiger partial charge on any atom is 0.337 e. The second-order valence-electron chi connectivity index (χ2n) is 8.27. The van der Waals surface area contributed by atoms with Gasteiger partial charge in [-0.1, -0.05) is 37.1 Å². The molecule has 0 spiro atoms. The SMILES string of the molecule is COC(=O)c1ccc(C=Nn2c(N)c(C(=O)NC3CCCC3)c3nc4ccccc4nc32)cc1. The molecule has 0 aliphatic heterocycles. The number of fused-ring (bicyclic) bond motifs is 2. The van der Waals surface area contributed by atoms with E-state index in [4.69, 9.17) is 20.4 Å². The Hall–Kier alpha value is -4.27. The van der Waals surface area contributed by atoms with Gasteiger partial charge < -0.3 is 15.8 Å². The molecule has 0 radical (unpaired) electrons. The van der Waals surface area contributed by atoms with Crippen molar-refractivity contribution in [3.8, 4) is 0 Å². The van der Waals surface area contributed by atoms with Crippen molar-refractivity contribution in [1.29, 1.82) is 0 Å². The average Bonchev–Trinajstić information content (AvgIpc) is 3.46. The van der Waals surface area contributed by atoms with Gasteiger partial charge in [-0.3, -0.25) is 4.79 Å². The van der Waals surface area contributed by atoms with Crippen LogP contribution < -0.4 is 11.1 Å². The lowest BCUT2D eigenvalue weighted by atomic mass is 10.1. The number of hydrogen-bond donors (Lipinski definition) is 2. The van der Waals surface area contributed by atoms with Crippen LogP contribution in [0.15, 0.2) is 53.6 Å². The molecular formula is C25H24N6O3. The molecule has 0 bridgehead atoms. The van der Waals surface area contributed by atoms with Gasteiger partial charge in [0, 0.05) is 6.04 Å². The van der Waals surface area contributed by atoms with E-state index in [9.17, 15) is 9.59 Å². The number of methoxy groups -OCH3 is 1. The molecule has 1 fully saturated rings. The second-order valence-corrected chi connectivity index (χ2v) is 8.27. The molecule has 2 heterocycles. The minimum absolute atomic E-state index is 0.135. The largest absolute Gasteiger partial charge is 0.465 e. The topological polar surface area (TPSA) is 124 Å². The van der Waals surface area contributed by atoms with Crippen LogP contribution in [-0.4, -0.2) is 45.9 Å². The lowest BCUT2D eigenvalue weighted by molar-refractivity contribution is 0.0600. The molecule has 2 aromatic carbocycles. The number of ether oxygens (including phenoxy) is 1. The summed E-state index contributed by atoms with van der Waals surface area (Å²) < 4.78 is 6.17. The summed E-state index contributed by atoms with van der Waals surface area (Å²) in [7, 11) is 1.34. The number of nitrogens with one attached hydrogen (secondary N) is 1. The number of esters is 1. The fourth-order valence-electron chi connectivity index (χ4n) is 4.26. The maximum atomic E-state index is 13.2. The van der Waals surface area contributed by atoms with Crippen LogP contribution in [0, 0.1) is 0 Å². The number of carbonyl (C=O) groups excluding carboxylic acids is 2. The van der Waals surface area contributed by atoms with E-state index < -0.39 is 5.97 Å². The quantitative estimate of drug-likeness (QED) is 0.350. The van der Waals surface area contributed by atoms with Crippen molar-refractivity contribution in [3.63, 3.8) is 0 Å². The number of nitrogen functional groups attached to an aromatic ring is 1. The van der Waals surface area contributed by atoms with E-state index in [1.807, 2.05) is 24.3 Å². The maximum absolute atomic E-state index is 13.2. The van der Waals surface area contributed by atoms with E-state index in [2.05, 4.69) is 10.4 Å². The number of benzene rings is 2. The third kappa shape index (κ3) is 3.96. The van der Waals surface area contributed by atoms with Crippen molar-refractivity contribution in [2.75, 3.05) is 12.8 Å². The zero-order valence-electron chi connectivity index (χ0n) is 18.7. The van der Waals surface area contributed by atoms with Gasteiger partial charge in [0.05, 0.1) is 29.9 Å². The fraction of sp³-hybridized carbons (Fsp3) is 0.240. The first-order chi connectivity index (χ1) is 16.5. The van der Waals surface area contributed by atoms with Gasteiger partial charge in [-0.25, -0.2) is 14.8 Å². The second kappa shape index (κ2) is 8.93. The molecule has 1 aliphatic rings.